The Morgan fingerprint density at radius 3 is 2.63 bits per heavy atom. The lowest BCUT2D eigenvalue weighted by Gasteiger charge is -2.37. The molecule has 1 N–H and O–H groups in total. The molecule has 0 aliphatic heterocycles. The van der Waals surface area contributed by atoms with Gasteiger partial charge in [0, 0.05) is 6.61 Å². The molecule has 0 spiro atoms. The Morgan fingerprint density at radius 2 is 1.95 bits per heavy atom. The maximum atomic E-state index is 6.24. The molecule has 2 heteroatoms. The van der Waals surface area contributed by atoms with Crippen molar-refractivity contribution < 1.29 is 4.74 Å². The number of fused-ring (bicyclic) bond motifs is 1. The predicted octanol–water partition coefficient (Wildman–Crippen LogP) is 3.64. The molecule has 0 heterocycles. The van der Waals surface area contributed by atoms with E-state index in [0.717, 1.165) is 25.5 Å². The summed E-state index contributed by atoms with van der Waals surface area (Å²) in [5.41, 5.74) is 2.95. The predicted molar refractivity (Wildman–Crippen MR) is 78.4 cm³/mol. The normalized spacial score (nSPS) is 30.1. The Balaban J connectivity index is 1.80. The van der Waals surface area contributed by atoms with Gasteiger partial charge in [-0.2, -0.15) is 0 Å². The Kier molecular flexibility index (Phi) is 3.90. The molecule has 1 aromatic rings. The largest absolute Gasteiger partial charge is 0.376 e. The van der Waals surface area contributed by atoms with E-state index in [1.165, 1.54) is 24.0 Å². The van der Waals surface area contributed by atoms with Gasteiger partial charge >= 0.3 is 0 Å². The fraction of sp³-hybridized carbons (Fsp3) is 0.647. The van der Waals surface area contributed by atoms with Gasteiger partial charge in [-0.1, -0.05) is 38.1 Å². The zero-order valence-electron chi connectivity index (χ0n) is 12.1. The lowest BCUT2D eigenvalue weighted by molar-refractivity contribution is 0.00547. The van der Waals surface area contributed by atoms with Gasteiger partial charge in [-0.25, -0.2) is 0 Å². The summed E-state index contributed by atoms with van der Waals surface area (Å²) in [5.74, 6) is 1.45. The van der Waals surface area contributed by atoms with Gasteiger partial charge < -0.3 is 10.1 Å². The van der Waals surface area contributed by atoms with Gasteiger partial charge in [-0.3, -0.25) is 0 Å². The molecule has 3 unspecified atom stereocenters. The third-order valence-electron chi connectivity index (χ3n) is 4.49. The Morgan fingerprint density at radius 1 is 1.21 bits per heavy atom. The molecule has 1 aromatic carbocycles. The summed E-state index contributed by atoms with van der Waals surface area (Å²) < 4.78 is 6.24. The van der Waals surface area contributed by atoms with E-state index in [2.05, 4.69) is 43.4 Å². The van der Waals surface area contributed by atoms with Crippen molar-refractivity contribution >= 4 is 0 Å². The zero-order valence-corrected chi connectivity index (χ0v) is 12.1. The SMILES string of the molecule is CCNC1c2ccccc2C(C)CC1OCC1CC1. The minimum atomic E-state index is 0.338. The van der Waals surface area contributed by atoms with E-state index in [4.69, 9.17) is 4.74 Å². The molecule has 3 rings (SSSR count). The number of likely N-dealkylation sites (N-methyl/N-ethyl adjacent to an activating group) is 1. The average Bonchev–Trinajstić information content (AvgIpc) is 3.24. The van der Waals surface area contributed by atoms with Crippen molar-refractivity contribution in [1.29, 1.82) is 0 Å². The highest BCUT2D eigenvalue weighted by atomic mass is 16.5. The first-order valence-electron chi connectivity index (χ1n) is 7.73. The number of hydrogen-bond acceptors (Lipinski definition) is 2. The molecule has 3 atom stereocenters. The second-order valence-corrected chi connectivity index (χ2v) is 6.12. The quantitative estimate of drug-likeness (QED) is 0.871. The van der Waals surface area contributed by atoms with Crippen molar-refractivity contribution in [3.05, 3.63) is 35.4 Å². The molecule has 104 valence electrons. The number of nitrogens with one attached hydrogen (secondary N) is 1. The second kappa shape index (κ2) is 5.64. The van der Waals surface area contributed by atoms with Crippen LogP contribution < -0.4 is 5.32 Å². The van der Waals surface area contributed by atoms with Crippen molar-refractivity contribution in [1.82, 2.24) is 5.32 Å². The van der Waals surface area contributed by atoms with Gasteiger partial charge in [-0.05, 0) is 48.8 Å². The van der Waals surface area contributed by atoms with Crippen LogP contribution in [0.2, 0.25) is 0 Å². The maximum absolute atomic E-state index is 6.24. The molecule has 0 aromatic heterocycles. The summed E-state index contributed by atoms with van der Waals surface area (Å²) >= 11 is 0. The number of ether oxygens (including phenoxy) is 1. The smallest absolute Gasteiger partial charge is 0.0775 e. The van der Waals surface area contributed by atoms with Crippen LogP contribution in [0.5, 0.6) is 0 Å². The van der Waals surface area contributed by atoms with Gasteiger partial charge in [0.25, 0.3) is 0 Å². The Labute approximate surface area is 116 Å². The van der Waals surface area contributed by atoms with Crippen molar-refractivity contribution in [3.8, 4) is 0 Å². The van der Waals surface area contributed by atoms with E-state index in [1.54, 1.807) is 0 Å². The number of hydrogen-bond donors (Lipinski definition) is 1. The minimum absolute atomic E-state index is 0.338. The summed E-state index contributed by atoms with van der Waals surface area (Å²) in [5, 5.41) is 3.63. The minimum Gasteiger partial charge on any atom is -0.376 e. The monoisotopic (exact) mass is 259 g/mol. The van der Waals surface area contributed by atoms with Crippen LogP contribution in [0.15, 0.2) is 24.3 Å². The Hall–Kier alpha value is -0.860. The van der Waals surface area contributed by atoms with Crippen LogP contribution in [0.25, 0.3) is 0 Å². The molecular formula is C17H25NO. The molecule has 2 aliphatic rings. The lowest BCUT2D eigenvalue weighted by atomic mass is 9.79. The fourth-order valence-corrected chi connectivity index (χ4v) is 3.22. The van der Waals surface area contributed by atoms with Crippen molar-refractivity contribution in [2.24, 2.45) is 5.92 Å². The summed E-state index contributed by atoms with van der Waals surface area (Å²) in [6.45, 7) is 6.46. The molecular weight excluding hydrogens is 234 g/mol. The molecule has 0 saturated heterocycles. The molecule has 1 fully saturated rings. The van der Waals surface area contributed by atoms with E-state index >= 15 is 0 Å². The topological polar surface area (TPSA) is 21.3 Å². The molecule has 0 bridgehead atoms. The highest BCUT2D eigenvalue weighted by Crippen LogP contribution is 2.40. The number of benzene rings is 1. The van der Waals surface area contributed by atoms with E-state index in [-0.39, 0.29) is 0 Å². The third-order valence-corrected chi connectivity index (χ3v) is 4.49. The molecule has 2 aliphatic carbocycles. The highest BCUT2D eigenvalue weighted by Gasteiger charge is 2.34. The van der Waals surface area contributed by atoms with Crippen LogP contribution in [0, 0.1) is 5.92 Å². The first kappa shape index (κ1) is 13.1. The highest BCUT2D eigenvalue weighted by molar-refractivity contribution is 5.36. The van der Waals surface area contributed by atoms with Crippen LogP contribution in [-0.4, -0.2) is 19.3 Å². The van der Waals surface area contributed by atoms with Gasteiger partial charge in [0.1, 0.15) is 0 Å². The van der Waals surface area contributed by atoms with Crippen LogP contribution >= 0.6 is 0 Å². The lowest BCUT2D eigenvalue weighted by Crippen LogP contribution is -2.39. The van der Waals surface area contributed by atoms with E-state index in [0.29, 0.717) is 18.1 Å². The van der Waals surface area contributed by atoms with Crippen LogP contribution in [-0.2, 0) is 4.74 Å². The van der Waals surface area contributed by atoms with Gasteiger partial charge in [-0.15, -0.1) is 0 Å². The summed E-state index contributed by atoms with van der Waals surface area (Å²) in [6.07, 6.45) is 4.21. The summed E-state index contributed by atoms with van der Waals surface area (Å²) in [4.78, 5) is 0. The van der Waals surface area contributed by atoms with Gasteiger partial charge in [0.05, 0.1) is 12.1 Å². The summed E-state index contributed by atoms with van der Waals surface area (Å²) in [7, 11) is 0. The molecule has 1 saturated carbocycles. The molecule has 0 amide bonds. The van der Waals surface area contributed by atoms with Gasteiger partial charge in [0.15, 0.2) is 0 Å². The molecule has 19 heavy (non-hydrogen) atoms. The van der Waals surface area contributed by atoms with E-state index in [9.17, 15) is 0 Å². The number of rotatable bonds is 5. The Bertz CT molecular complexity index is 427. The van der Waals surface area contributed by atoms with E-state index in [1.807, 2.05) is 0 Å². The molecule has 2 nitrogen and oxygen atoms in total. The first-order chi connectivity index (χ1) is 9.29. The fourth-order valence-electron chi connectivity index (χ4n) is 3.22. The third kappa shape index (κ3) is 2.85. The van der Waals surface area contributed by atoms with Gasteiger partial charge in [0.2, 0.25) is 0 Å². The second-order valence-electron chi connectivity index (χ2n) is 6.12. The molecule has 0 radical (unpaired) electrons. The van der Waals surface area contributed by atoms with Crippen LogP contribution in [0.4, 0.5) is 0 Å². The zero-order chi connectivity index (χ0) is 13.2. The van der Waals surface area contributed by atoms with Crippen LogP contribution in [0.1, 0.15) is 56.2 Å². The maximum Gasteiger partial charge on any atom is 0.0775 e. The van der Waals surface area contributed by atoms with Crippen molar-refractivity contribution in [3.63, 3.8) is 0 Å². The van der Waals surface area contributed by atoms with Crippen molar-refractivity contribution in [2.75, 3.05) is 13.2 Å². The first-order valence-corrected chi connectivity index (χ1v) is 7.73. The van der Waals surface area contributed by atoms with Crippen LogP contribution in [0.3, 0.4) is 0 Å². The summed E-state index contributed by atoms with van der Waals surface area (Å²) in [6, 6.07) is 9.23. The standard InChI is InChI=1S/C17H25NO/c1-3-18-17-15-7-5-4-6-14(15)12(2)10-16(17)19-11-13-8-9-13/h4-7,12-13,16-18H,3,8-11H2,1-2H3. The average molecular weight is 259 g/mol. The van der Waals surface area contributed by atoms with E-state index < -0.39 is 0 Å². The van der Waals surface area contributed by atoms with Crippen molar-refractivity contribution in [2.45, 2.75) is 51.2 Å².